The molecule has 1 heterocycles. The molecule has 0 unspecified atom stereocenters. The molecule has 1 saturated heterocycles. The van der Waals surface area contributed by atoms with E-state index in [9.17, 15) is 4.79 Å². The number of carbonyl (C=O) groups excluding carboxylic acids is 1. The number of nitrogens with zero attached hydrogens (tertiary/aromatic N) is 1. The Kier molecular flexibility index (Phi) is 3.73. The molecule has 4 nitrogen and oxygen atoms in total. The quantitative estimate of drug-likeness (QED) is 0.619. The average Bonchev–Trinajstić information content (AvgIpc) is 2.16. The topological polar surface area (TPSA) is 50.7 Å². The van der Waals surface area contributed by atoms with E-state index >= 15 is 0 Å². The maximum Gasteiger partial charge on any atom is 0.239 e. The van der Waals surface area contributed by atoms with Gasteiger partial charge in [-0.1, -0.05) is 6.92 Å². The normalized spacial score (nSPS) is 17.2. The molecule has 0 aliphatic carbocycles. The fraction of sp³-hybridized carbons (Fsp3) is 0.750. The molecule has 1 amide bonds. The third-order valence-corrected chi connectivity index (χ3v) is 1.73. The van der Waals surface area contributed by atoms with Gasteiger partial charge in [0.15, 0.2) is 0 Å². The van der Waals surface area contributed by atoms with Gasteiger partial charge in [0.25, 0.3) is 0 Å². The Morgan fingerprint density at radius 1 is 1.58 bits per heavy atom. The zero-order chi connectivity index (χ0) is 8.81. The summed E-state index contributed by atoms with van der Waals surface area (Å²) in [5.74, 6) is -0.0333. The molecule has 1 aliphatic rings. The predicted octanol–water partition coefficient (Wildman–Crippen LogP) is 0.679. The standard InChI is InChI=1S/C8H14N2O2/c1-2-8(11)10-9-7-3-5-12-6-4-7/h2-6H2,1H3,(H,10,11). The summed E-state index contributed by atoms with van der Waals surface area (Å²) < 4.78 is 5.14. The minimum Gasteiger partial charge on any atom is -0.381 e. The lowest BCUT2D eigenvalue weighted by atomic mass is 10.2. The Labute approximate surface area is 72.0 Å². The molecule has 12 heavy (non-hydrogen) atoms. The molecule has 0 saturated carbocycles. The molecule has 1 N–H and O–H groups in total. The van der Waals surface area contributed by atoms with Gasteiger partial charge in [0.1, 0.15) is 0 Å². The van der Waals surface area contributed by atoms with E-state index < -0.39 is 0 Å². The second-order valence-corrected chi connectivity index (χ2v) is 2.68. The van der Waals surface area contributed by atoms with Gasteiger partial charge in [0.05, 0.1) is 13.2 Å². The third-order valence-electron chi connectivity index (χ3n) is 1.73. The Balaban J connectivity index is 2.29. The van der Waals surface area contributed by atoms with Crippen molar-refractivity contribution in [2.45, 2.75) is 26.2 Å². The fourth-order valence-corrected chi connectivity index (χ4v) is 0.939. The second kappa shape index (κ2) is 4.87. The molecule has 4 heteroatoms. The van der Waals surface area contributed by atoms with Crippen LogP contribution in [0, 0.1) is 0 Å². The highest BCUT2D eigenvalue weighted by Gasteiger charge is 2.06. The van der Waals surface area contributed by atoms with Crippen LogP contribution in [0.3, 0.4) is 0 Å². The summed E-state index contributed by atoms with van der Waals surface area (Å²) in [6.45, 7) is 3.25. The van der Waals surface area contributed by atoms with Crippen molar-refractivity contribution in [3.05, 3.63) is 0 Å². The minimum absolute atomic E-state index is 0.0333. The van der Waals surface area contributed by atoms with Crippen molar-refractivity contribution < 1.29 is 9.53 Å². The van der Waals surface area contributed by atoms with Crippen LogP contribution in [0.5, 0.6) is 0 Å². The summed E-state index contributed by atoms with van der Waals surface area (Å²) >= 11 is 0. The summed E-state index contributed by atoms with van der Waals surface area (Å²) in [5.41, 5.74) is 3.53. The van der Waals surface area contributed by atoms with Gasteiger partial charge in [-0.25, -0.2) is 5.43 Å². The van der Waals surface area contributed by atoms with Gasteiger partial charge in [0.2, 0.25) is 5.91 Å². The van der Waals surface area contributed by atoms with Gasteiger partial charge in [0, 0.05) is 25.0 Å². The van der Waals surface area contributed by atoms with Crippen molar-refractivity contribution in [2.75, 3.05) is 13.2 Å². The smallest absolute Gasteiger partial charge is 0.239 e. The van der Waals surface area contributed by atoms with Crippen molar-refractivity contribution in [1.29, 1.82) is 0 Å². The summed E-state index contributed by atoms with van der Waals surface area (Å²) in [4.78, 5) is 10.8. The first kappa shape index (κ1) is 9.19. The van der Waals surface area contributed by atoms with E-state index in [4.69, 9.17) is 4.74 Å². The molecule has 0 aromatic heterocycles. The lowest BCUT2D eigenvalue weighted by Gasteiger charge is -2.12. The van der Waals surface area contributed by atoms with E-state index in [1.165, 1.54) is 0 Å². The summed E-state index contributed by atoms with van der Waals surface area (Å²) in [6, 6.07) is 0. The van der Waals surface area contributed by atoms with Crippen molar-refractivity contribution in [3.8, 4) is 0 Å². The number of ether oxygens (including phenoxy) is 1. The number of hydrazone groups is 1. The van der Waals surface area contributed by atoms with Gasteiger partial charge < -0.3 is 4.74 Å². The monoisotopic (exact) mass is 170 g/mol. The van der Waals surface area contributed by atoms with E-state index in [0.29, 0.717) is 6.42 Å². The number of nitrogens with one attached hydrogen (secondary N) is 1. The van der Waals surface area contributed by atoms with Crippen molar-refractivity contribution in [3.63, 3.8) is 0 Å². The second-order valence-electron chi connectivity index (χ2n) is 2.68. The Morgan fingerprint density at radius 3 is 2.83 bits per heavy atom. The van der Waals surface area contributed by atoms with E-state index in [2.05, 4.69) is 10.5 Å². The first-order chi connectivity index (χ1) is 5.83. The van der Waals surface area contributed by atoms with E-state index in [1.54, 1.807) is 6.92 Å². The molecule has 1 fully saturated rings. The van der Waals surface area contributed by atoms with E-state index in [-0.39, 0.29) is 5.91 Å². The first-order valence-corrected chi connectivity index (χ1v) is 4.25. The number of carbonyl (C=O) groups is 1. The number of amides is 1. The SMILES string of the molecule is CCC(=O)NN=C1CCOCC1. The van der Waals surface area contributed by atoms with Crippen LogP contribution in [0.4, 0.5) is 0 Å². The summed E-state index contributed by atoms with van der Waals surface area (Å²) in [6.07, 6.45) is 2.15. The van der Waals surface area contributed by atoms with Gasteiger partial charge in [-0.3, -0.25) is 4.79 Å². The average molecular weight is 170 g/mol. The van der Waals surface area contributed by atoms with Crippen molar-refractivity contribution >= 4 is 11.6 Å². The maximum atomic E-state index is 10.8. The number of hydrogen-bond donors (Lipinski definition) is 1. The van der Waals surface area contributed by atoms with Crippen molar-refractivity contribution in [1.82, 2.24) is 5.43 Å². The fourth-order valence-electron chi connectivity index (χ4n) is 0.939. The van der Waals surface area contributed by atoms with Crippen molar-refractivity contribution in [2.24, 2.45) is 5.10 Å². The Hall–Kier alpha value is -0.900. The van der Waals surface area contributed by atoms with Crippen LogP contribution in [0.1, 0.15) is 26.2 Å². The number of rotatable bonds is 2. The molecule has 0 aromatic rings. The maximum absolute atomic E-state index is 10.8. The molecular formula is C8H14N2O2. The number of hydrogen-bond acceptors (Lipinski definition) is 3. The molecule has 0 bridgehead atoms. The molecule has 1 rings (SSSR count). The van der Waals surface area contributed by atoms with Crippen LogP contribution in [-0.4, -0.2) is 24.8 Å². The van der Waals surface area contributed by atoms with Gasteiger partial charge in [-0.2, -0.15) is 5.10 Å². The molecule has 0 spiro atoms. The Bertz CT molecular complexity index is 181. The third kappa shape index (κ3) is 3.00. The van der Waals surface area contributed by atoms with Crippen LogP contribution in [0.25, 0.3) is 0 Å². The van der Waals surface area contributed by atoms with Crippen LogP contribution in [0.15, 0.2) is 5.10 Å². The Morgan fingerprint density at radius 2 is 2.25 bits per heavy atom. The van der Waals surface area contributed by atoms with E-state index in [1.807, 2.05) is 0 Å². The molecule has 0 radical (unpaired) electrons. The molecule has 68 valence electrons. The van der Waals surface area contributed by atoms with Gasteiger partial charge in [-0.15, -0.1) is 0 Å². The summed E-state index contributed by atoms with van der Waals surface area (Å²) in [7, 11) is 0. The lowest BCUT2D eigenvalue weighted by molar-refractivity contribution is -0.120. The van der Waals surface area contributed by atoms with E-state index in [0.717, 1.165) is 31.8 Å². The zero-order valence-corrected chi connectivity index (χ0v) is 7.30. The summed E-state index contributed by atoms with van der Waals surface area (Å²) in [5, 5.41) is 3.99. The van der Waals surface area contributed by atoms with Crippen LogP contribution in [-0.2, 0) is 9.53 Å². The van der Waals surface area contributed by atoms with Gasteiger partial charge in [-0.05, 0) is 0 Å². The predicted molar refractivity (Wildman–Crippen MR) is 45.9 cm³/mol. The zero-order valence-electron chi connectivity index (χ0n) is 7.30. The van der Waals surface area contributed by atoms with Crippen LogP contribution in [0.2, 0.25) is 0 Å². The molecule has 1 aliphatic heterocycles. The van der Waals surface area contributed by atoms with Crippen LogP contribution >= 0.6 is 0 Å². The van der Waals surface area contributed by atoms with Crippen LogP contribution < -0.4 is 5.43 Å². The highest BCUT2D eigenvalue weighted by Crippen LogP contribution is 2.01. The largest absolute Gasteiger partial charge is 0.381 e. The highest BCUT2D eigenvalue weighted by molar-refractivity contribution is 5.86. The molecule has 0 atom stereocenters. The van der Waals surface area contributed by atoms with Gasteiger partial charge >= 0.3 is 0 Å². The molecular weight excluding hydrogens is 156 g/mol. The molecule has 0 aromatic carbocycles. The highest BCUT2D eigenvalue weighted by atomic mass is 16.5. The lowest BCUT2D eigenvalue weighted by Crippen LogP contribution is -2.22. The minimum atomic E-state index is -0.0333. The first-order valence-electron chi connectivity index (χ1n) is 4.25.